The summed E-state index contributed by atoms with van der Waals surface area (Å²) in [7, 11) is 0. The second-order valence-corrected chi connectivity index (χ2v) is 6.14. The molecule has 1 saturated carbocycles. The Balaban J connectivity index is 1.72. The average Bonchev–Trinajstić information content (AvgIpc) is 2.54. The number of rotatable bonds is 7. The van der Waals surface area contributed by atoms with Crippen molar-refractivity contribution in [1.29, 1.82) is 0 Å². The van der Waals surface area contributed by atoms with Crippen LogP contribution >= 0.6 is 0 Å². The van der Waals surface area contributed by atoms with Gasteiger partial charge in [0.05, 0.1) is 0 Å². The van der Waals surface area contributed by atoms with Gasteiger partial charge in [0.15, 0.2) is 0 Å². The van der Waals surface area contributed by atoms with Gasteiger partial charge in [0, 0.05) is 12.5 Å². The molecule has 1 aliphatic carbocycles. The topological polar surface area (TPSA) is 29.1 Å². The lowest BCUT2D eigenvalue weighted by molar-refractivity contribution is -0.121. The number of carbonyl (C=O) groups is 1. The largest absolute Gasteiger partial charge is 0.350 e. The Labute approximate surface area is 128 Å². The molecule has 1 fully saturated rings. The van der Waals surface area contributed by atoms with Crippen molar-refractivity contribution >= 4 is 5.91 Å². The first-order valence-corrected chi connectivity index (χ1v) is 8.24. The van der Waals surface area contributed by atoms with Crippen molar-refractivity contribution in [2.24, 2.45) is 5.92 Å². The number of benzene rings is 1. The maximum atomic E-state index is 12.1. The fourth-order valence-electron chi connectivity index (χ4n) is 3.18. The molecule has 2 rings (SSSR count). The van der Waals surface area contributed by atoms with Crippen LogP contribution in [0.5, 0.6) is 0 Å². The molecule has 0 radical (unpaired) electrons. The van der Waals surface area contributed by atoms with Gasteiger partial charge >= 0.3 is 0 Å². The molecule has 0 unspecified atom stereocenters. The molecule has 0 saturated heterocycles. The maximum Gasteiger partial charge on any atom is 0.220 e. The van der Waals surface area contributed by atoms with Crippen LogP contribution in [-0.2, 0) is 11.2 Å². The van der Waals surface area contributed by atoms with Crippen molar-refractivity contribution in [2.45, 2.75) is 57.4 Å². The van der Waals surface area contributed by atoms with Crippen molar-refractivity contribution in [2.75, 3.05) is 0 Å². The third-order valence-electron chi connectivity index (χ3n) is 4.43. The molecule has 1 atom stereocenters. The van der Waals surface area contributed by atoms with E-state index < -0.39 is 0 Å². The fourth-order valence-corrected chi connectivity index (χ4v) is 3.18. The van der Waals surface area contributed by atoms with Gasteiger partial charge in [0.25, 0.3) is 0 Å². The molecule has 0 aliphatic heterocycles. The molecule has 1 aliphatic rings. The van der Waals surface area contributed by atoms with Crippen LogP contribution < -0.4 is 5.32 Å². The minimum Gasteiger partial charge on any atom is -0.350 e. The van der Waals surface area contributed by atoms with E-state index in [2.05, 4.69) is 24.0 Å². The summed E-state index contributed by atoms with van der Waals surface area (Å²) in [6.07, 6.45) is 11.0. The molecule has 21 heavy (non-hydrogen) atoms. The highest BCUT2D eigenvalue weighted by Gasteiger charge is 2.18. The number of amides is 1. The molecule has 0 heterocycles. The smallest absolute Gasteiger partial charge is 0.220 e. The van der Waals surface area contributed by atoms with Crippen LogP contribution in [0, 0.1) is 5.92 Å². The third kappa shape index (κ3) is 5.74. The summed E-state index contributed by atoms with van der Waals surface area (Å²) in [4.78, 5) is 12.1. The van der Waals surface area contributed by atoms with Crippen LogP contribution in [-0.4, -0.2) is 11.9 Å². The van der Waals surface area contributed by atoms with E-state index in [0.29, 0.717) is 6.42 Å². The van der Waals surface area contributed by atoms with Crippen LogP contribution in [0.2, 0.25) is 0 Å². The van der Waals surface area contributed by atoms with E-state index in [4.69, 9.17) is 0 Å². The molecule has 0 spiro atoms. The van der Waals surface area contributed by atoms with Crippen molar-refractivity contribution in [3.8, 4) is 0 Å². The van der Waals surface area contributed by atoms with E-state index in [1.54, 1.807) is 0 Å². The fraction of sp³-hybridized carbons (Fsp3) is 0.526. The molecule has 114 valence electrons. The minimum atomic E-state index is 0.136. The first kappa shape index (κ1) is 15.8. The monoisotopic (exact) mass is 285 g/mol. The van der Waals surface area contributed by atoms with Crippen molar-refractivity contribution in [3.63, 3.8) is 0 Å². The lowest BCUT2D eigenvalue weighted by atomic mass is 9.85. The first-order valence-electron chi connectivity index (χ1n) is 8.24. The summed E-state index contributed by atoms with van der Waals surface area (Å²) in [6, 6.07) is 10.3. The average molecular weight is 285 g/mol. The number of hydrogen-bond donors (Lipinski definition) is 1. The Morgan fingerprint density at radius 2 is 1.95 bits per heavy atom. The molecular formula is C19H27NO. The van der Waals surface area contributed by atoms with Crippen molar-refractivity contribution in [3.05, 3.63) is 48.6 Å². The van der Waals surface area contributed by atoms with E-state index in [-0.39, 0.29) is 11.9 Å². The summed E-state index contributed by atoms with van der Waals surface area (Å²) in [6.45, 7) is 3.88. The van der Waals surface area contributed by atoms with Gasteiger partial charge in [-0.1, -0.05) is 68.5 Å². The molecule has 1 aromatic rings. The van der Waals surface area contributed by atoms with Gasteiger partial charge in [0.2, 0.25) is 5.91 Å². The van der Waals surface area contributed by atoms with Gasteiger partial charge in [-0.25, -0.2) is 0 Å². The summed E-state index contributed by atoms with van der Waals surface area (Å²) < 4.78 is 0. The molecule has 0 aromatic heterocycles. The molecular weight excluding hydrogens is 258 g/mol. The normalized spacial score (nSPS) is 17.1. The van der Waals surface area contributed by atoms with Gasteiger partial charge in [-0.2, -0.15) is 0 Å². The molecule has 1 N–H and O–H groups in total. The van der Waals surface area contributed by atoms with E-state index in [1.807, 2.05) is 24.3 Å². The highest BCUT2D eigenvalue weighted by Crippen LogP contribution is 2.27. The molecule has 2 nitrogen and oxygen atoms in total. The summed E-state index contributed by atoms with van der Waals surface area (Å²) >= 11 is 0. The zero-order valence-electron chi connectivity index (χ0n) is 12.9. The predicted molar refractivity (Wildman–Crippen MR) is 88.1 cm³/mol. The van der Waals surface area contributed by atoms with Gasteiger partial charge in [0.1, 0.15) is 0 Å². The number of carbonyl (C=O) groups excluding carboxylic acids is 1. The Morgan fingerprint density at radius 1 is 1.24 bits per heavy atom. The SMILES string of the molecule is C=C[C@H](CC1CCCCC1)NC(=O)CCc1ccccc1. The predicted octanol–water partition coefficient (Wildman–Crippen LogP) is 4.26. The second kappa shape index (κ2) is 8.66. The van der Waals surface area contributed by atoms with Gasteiger partial charge in [-0.05, 0) is 24.3 Å². The van der Waals surface area contributed by atoms with Crippen LogP contribution in [0.15, 0.2) is 43.0 Å². The Morgan fingerprint density at radius 3 is 2.62 bits per heavy atom. The number of hydrogen-bond acceptors (Lipinski definition) is 1. The van der Waals surface area contributed by atoms with E-state index in [9.17, 15) is 4.79 Å². The third-order valence-corrected chi connectivity index (χ3v) is 4.43. The Hall–Kier alpha value is -1.57. The number of aryl methyl sites for hydroxylation is 1. The molecule has 0 bridgehead atoms. The van der Waals surface area contributed by atoms with Crippen LogP contribution in [0.4, 0.5) is 0 Å². The summed E-state index contributed by atoms with van der Waals surface area (Å²) in [5.41, 5.74) is 1.22. The maximum absolute atomic E-state index is 12.1. The van der Waals surface area contributed by atoms with Gasteiger partial charge in [-0.15, -0.1) is 6.58 Å². The standard InChI is InChI=1S/C19H27NO/c1-2-18(15-17-11-7-4-8-12-17)20-19(21)14-13-16-9-5-3-6-10-16/h2-3,5-6,9-10,17-18H,1,4,7-8,11-15H2,(H,20,21)/t18-/m1/s1. The Kier molecular flexibility index (Phi) is 6.52. The Bertz CT molecular complexity index is 434. The van der Waals surface area contributed by atoms with Crippen molar-refractivity contribution < 1.29 is 4.79 Å². The van der Waals surface area contributed by atoms with Gasteiger partial charge in [-0.3, -0.25) is 4.79 Å². The highest BCUT2D eigenvalue weighted by atomic mass is 16.1. The van der Waals surface area contributed by atoms with Crippen LogP contribution in [0.1, 0.15) is 50.5 Å². The lowest BCUT2D eigenvalue weighted by Crippen LogP contribution is -2.35. The first-order chi connectivity index (χ1) is 10.3. The minimum absolute atomic E-state index is 0.136. The molecule has 1 aromatic carbocycles. The van der Waals surface area contributed by atoms with E-state index in [1.165, 1.54) is 37.7 Å². The summed E-state index contributed by atoms with van der Waals surface area (Å²) in [5.74, 6) is 0.899. The second-order valence-electron chi connectivity index (χ2n) is 6.14. The van der Waals surface area contributed by atoms with E-state index in [0.717, 1.165) is 18.8 Å². The molecule has 2 heteroatoms. The quantitative estimate of drug-likeness (QED) is 0.745. The van der Waals surface area contributed by atoms with Crippen molar-refractivity contribution in [1.82, 2.24) is 5.32 Å². The lowest BCUT2D eigenvalue weighted by Gasteiger charge is -2.25. The zero-order chi connectivity index (χ0) is 14.9. The highest BCUT2D eigenvalue weighted by molar-refractivity contribution is 5.76. The summed E-state index contributed by atoms with van der Waals surface area (Å²) in [5, 5.41) is 3.13. The molecule has 1 amide bonds. The zero-order valence-corrected chi connectivity index (χ0v) is 12.9. The van der Waals surface area contributed by atoms with Gasteiger partial charge < -0.3 is 5.32 Å². The number of nitrogens with one attached hydrogen (secondary N) is 1. The van der Waals surface area contributed by atoms with Crippen LogP contribution in [0.25, 0.3) is 0 Å². The van der Waals surface area contributed by atoms with E-state index >= 15 is 0 Å². The van der Waals surface area contributed by atoms with Crippen LogP contribution in [0.3, 0.4) is 0 Å².